The summed E-state index contributed by atoms with van der Waals surface area (Å²) < 4.78 is 28.1. The number of anilines is 1. The molecule has 0 aromatic heterocycles. The zero-order chi connectivity index (χ0) is 21.9. The molecule has 0 spiro atoms. The van der Waals surface area contributed by atoms with Gasteiger partial charge in [0, 0.05) is 18.1 Å². The molecule has 1 aliphatic carbocycles. The molecule has 2 aromatic rings. The highest BCUT2D eigenvalue weighted by Gasteiger charge is 2.30. The van der Waals surface area contributed by atoms with Crippen molar-refractivity contribution in [2.75, 3.05) is 17.9 Å². The molecule has 0 heterocycles. The Morgan fingerprint density at radius 1 is 1.03 bits per heavy atom. The van der Waals surface area contributed by atoms with Gasteiger partial charge in [-0.2, -0.15) is 0 Å². The van der Waals surface area contributed by atoms with Gasteiger partial charge in [0.2, 0.25) is 5.91 Å². The first-order valence-electron chi connectivity index (χ1n) is 10.3. The van der Waals surface area contributed by atoms with Crippen molar-refractivity contribution in [3.05, 3.63) is 58.6 Å². The summed E-state index contributed by atoms with van der Waals surface area (Å²) >= 11 is 6.28. The number of carbonyl (C=O) groups excluding carboxylic acids is 1. The van der Waals surface area contributed by atoms with Gasteiger partial charge in [0.05, 0.1) is 10.6 Å². The Labute approximate surface area is 184 Å². The molecule has 7 heteroatoms. The summed E-state index contributed by atoms with van der Waals surface area (Å²) in [5, 5.41) is 0.463. The second kappa shape index (κ2) is 9.40. The number of amides is 1. The van der Waals surface area contributed by atoms with E-state index in [-0.39, 0.29) is 23.4 Å². The summed E-state index contributed by atoms with van der Waals surface area (Å²) in [7, 11) is -2.16. The van der Waals surface area contributed by atoms with Crippen LogP contribution in [0.3, 0.4) is 0 Å². The summed E-state index contributed by atoms with van der Waals surface area (Å²) in [6.45, 7) is 3.49. The lowest BCUT2D eigenvalue weighted by atomic mass is 9.94. The van der Waals surface area contributed by atoms with Gasteiger partial charge < -0.3 is 4.90 Å². The molecule has 5 nitrogen and oxygen atoms in total. The Balaban J connectivity index is 1.95. The number of rotatable bonds is 6. The van der Waals surface area contributed by atoms with Crippen molar-refractivity contribution >= 4 is 33.2 Å². The SMILES string of the molecule is Cc1ccc(S(=O)(=O)N(CC(=O)N(C)C2CCCCC2)c2ccc(C)c(Cl)c2)cc1. The van der Waals surface area contributed by atoms with Gasteiger partial charge >= 0.3 is 0 Å². The van der Waals surface area contributed by atoms with Crippen molar-refractivity contribution in [3.63, 3.8) is 0 Å². The lowest BCUT2D eigenvalue weighted by Gasteiger charge is -2.33. The maximum absolute atomic E-state index is 13.5. The topological polar surface area (TPSA) is 57.7 Å². The molecule has 0 unspecified atom stereocenters. The Morgan fingerprint density at radius 2 is 1.67 bits per heavy atom. The van der Waals surface area contributed by atoms with Crippen LogP contribution < -0.4 is 4.31 Å². The van der Waals surface area contributed by atoms with E-state index in [0.29, 0.717) is 10.7 Å². The Morgan fingerprint density at radius 3 is 2.27 bits per heavy atom. The number of aryl methyl sites for hydroxylation is 2. The van der Waals surface area contributed by atoms with Crippen molar-refractivity contribution in [1.29, 1.82) is 0 Å². The van der Waals surface area contributed by atoms with Crippen LogP contribution >= 0.6 is 11.6 Å². The van der Waals surface area contributed by atoms with Gasteiger partial charge in [-0.25, -0.2) is 8.42 Å². The van der Waals surface area contributed by atoms with Gasteiger partial charge in [-0.15, -0.1) is 0 Å². The molecule has 1 aliphatic rings. The van der Waals surface area contributed by atoms with Gasteiger partial charge in [0.1, 0.15) is 6.54 Å². The van der Waals surface area contributed by atoms with Crippen LogP contribution in [0.1, 0.15) is 43.2 Å². The smallest absolute Gasteiger partial charge is 0.264 e. The molecule has 1 saturated carbocycles. The fourth-order valence-electron chi connectivity index (χ4n) is 3.80. The van der Waals surface area contributed by atoms with Gasteiger partial charge in [-0.1, -0.05) is 54.6 Å². The molecule has 0 atom stereocenters. The summed E-state index contributed by atoms with van der Waals surface area (Å²) in [4.78, 5) is 15.0. The average Bonchev–Trinajstić information content (AvgIpc) is 2.74. The predicted octanol–water partition coefficient (Wildman–Crippen LogP) is 4.94. The van der Waals surface area contributed by atoms with Crippen molar-refractivity contribution in [3.8, 4) is 0 Å². The van der Waals surface area contributed by atoms with E-state index in [9.17, 15) is 13.2 Å². The van der Waals surface area contributed by atoms with Gasteiger partial charge in [-0.05, 0) is 56.5 Å². The van der Waals surface area contributed by atoms with E-state index in [0.717, 1.165) is 36.8 Å². The van der Waals surface area contributed by atoms with Crippen LogP contribution in [-0.2, 0) is 14.8 Å². The van der Waals surface area contributed by atoms with E-state index in [1.165, 1.54) is 10.7 Å². The second-order valence-electron chi connectivity index (χ2n) is 8.05. The quantitative estimate of drug-likeness (QED) is 0.628. The number of halogens is 1. The zero-order valence-corrected chi connectivity index (χ0v) is 19.3. The number of carbonyl (C=O) groups is 1. The largest absolute Gasteiger partial charge is 0.341 e. The highest BCUT2D eigenvalue weighted by Crippen LogP contribution is 2.29. The van der Waals surface area contributed by atoms with Crippen molar-refractivity contribution in [2.45, 2.75) is 56.9 Å². The van der Waals surface area contributed by atoms with Crippen molar-refractivity contribution < 1.29 is 13.2 Å². The molecular formula is C23H29ClN2O3S. The third-order valence-corrected chi connectivity index (χ3v) is 8.04. The predicted molar refractivity (Wildman–Crippen MR) is 122 cm³/mol. The maximum Gasteiger partial charge on any atom is 0.264 e. The fourth-order valence-corrected chi connectivity index (χ4v) is 5.38. The number of hydrogen-bond acceptors (Lipinski definition) is 3. The van der Waals surface area contributed by atoms with Crippen LogP contribution in [0.2, 0.25) is 5.02 Å². The molecule has 0 bridgehead atoms. The van der Waals surface area contributed by atoms with E-state index in [1.54, 1.807) is 54.4 Å². The molecule has 162 valence electrons. The van der Waals surface area contributed by atoms with Crippen molar-refractivity contribution in [1.82, 2.24) is 4.90 Å². The summed E-state index contributed by atoms with van der Waals surface area (Å²) in [5.74, 6) is -0.214. The van der Waals surface area contributed by atoms with Crippen LogP contribution in [0.15, 0.2) is 47.4 Å². The maximum atomic E-state index is 13.5. The van der Waals surface area contributed by atoms with Crippen LogP contribution in [0.5, 0.6) is 0 Å². The molecule has 0 aliphatic heterocycles. The summed E-state index contributed by atoms with van der Waals surface area (Å²) in [6.07, 6.45) is 5.31. The van der Waals surface area contributed by atoms with Gasteiger partial charge in [-0.3, -0.25) is 9.10 Å². The van der Waals surface area contributed by atoms with E-state index >= 15 is 0 Å². The first-order valence-corrected chi connectivity index (χ1v) is 12.1. The average molecular weight is 449 g/mol. The molecule has 3 rings (SSSR count). The summed E-state index contributed by atoms with van der Waals surface area (Å²) in [5.41, 5.74) is 2.20. The standard InChI is InChI=1S/C23H29ClN2O3S/c1-17-9-13-21(14-10-17)30(28,29)26(20-12-11-18(2)22(24)15-20)16-23(27)25(3)19-7-5-4-6-8-19/h9-15,19H,4-8,16H2,1-3H3. The van der Waals surface area contributed by atoms with E-state index in [4.69, 9.17) is 11.6 Å². The minimum atomic E-state index is -3.93. The lowest BCUT2D eigenvalue weighted by Crippen LogP contribution is -2.46. The monoisotopic (exact) mass is 448 g/mol. The molecule has 1 fully saturated rings. The van der Waals surface area contributed by atoms with Crippen LogP contribution in [-0.4, -0.2) is 38.9 Å². The molecule has 2 aromatic carbocycles. The number of sulfonamides is 1. The first-order chi connectivity index (χ1) is 14.2. The second-order valence-corrected chi connectivity index (χ2v) is 10.3. The normalized spacial score (nSPS) is 15.1. The Hall–Kier alpha value is -2.05. The van der Waals surface area contributed by atoms with Gasteiger partial charge in [0.15, 0.2) is 0 Å². The molecule has 0 N–H and O–H groups in total. The number of likely N-dealkylation sites (N-methyl/N-ethyl adjacent to an activating group) is 1. The number of benzene rings is 2. The Kier molecular flexibility index (Phi) is 7.09. The van der Waals surface area contributed by atoms with Crippen LogP contribution in [0, 0.1) is 13.8 Å². The van der Waals surface area contributed by atoms with Gasteiger partial charge in [0.25, 0.3) is 10.0 Å². The molecule has 1 amide bonds. The van der Waals surface area contributed by atoms with Crippen LogP contribution in [0.4, 0.5) is 5.69 Å². The van der Waals surface area contributed by atoms with E-state index in [2.05, 4.69) is 0 Å². The third-order valence-electron chi connectivity index (χ3n) is 5.85. The Bertz CT molecular complexity index is 1000. The molecule has 0 radical (unpaired) electrons. The highest BCUT2D eigenvalue weighted by molar-refractivity contribution is 7.92. The van der Waals surface area contributed by atoms with E-state index < -0.39 is 10.0 Å². The zero-order valence-electron chi connectivity index (χ0n) is 17.8. The minimum absolute atomic E-state index is 0.151. The van der Waals surface area contributed by atoms with Crippen LogP contribution in [0.25, 0.3) is 0 Å². The fraction of sp³-hybridized carbons (Fsp3) is 0.435. The van der Waals surface area contributed by atoms with E-state index in [1.807, 2.05) is 13.8 Å². The first kappa shape index (κ1) is 22.6. The third kappa shape index (κ3) is 4.98. The van der Waals surface area contributed by atoms with Crippen molar-refractivity contribution in [2.24, 2.45) is 0 Å². The molecule has 30 heavy (non-hydrogen) atoms. The highest BCUT2D eigenvalue weighted by atomic mass is 35.5. The molecule has 0 saturated heterocycles. The number of nitrogens with zero attached hydrogens (tertiary/aromatic N) is 2. The number of hydrogen-bond donors (Lipinski definition) is 0. The minimum Gasteiger partial charge on any atom is -0.341 e. The summed E-state index contributed by atoms with van der Waals surface area (Å²) in [6, 6.07) is 11.9. The molecular weight excluding hydrogens is 420 g/mol. The lowest BCUT2D eigenvalue weighted by molar-refractivity contribution is -0.130.